The van der Waals surface area contributed by atoms with Crippen LogP contribution >= 0.6 is 23.2 Å². The minimum atomic E-state index is -0.483. The summed E-state index contributed by atoms with van der Waals surface area (Å²) in [5, 5.41) is 3.92. The molecule has 0 saturated heterocycles. The number of benzene rings is 1. The first-order valence-corrected chi connectivity index (χ1v) is 5.73. The van der Waals surface area contributed by atoms with Gasteiger partial charge in [0.15, 0.2) is 0 Å². The Labute approximate surface area is 105 Å². The van der Waals surface area contributed by atoms with E-state index in [0.717, 1.165) is 5.56 Å². The first-order chi connectivity index (χ1) is 7.49. The van der Waals surface area contributed by atoms with Gasteiger partial charge >= 0.3 is 0 Å². The summed E-state index contributed by atoms with van der Waals surface area (Å²) in [6.07, 6.45) is 0.679. The van der Waals surface area contributed by atoms with Crippen LogP contribution in [0.2, 0.25) is 10.0 Å². The highest BCUT2D eigenvalue weighted by atomic mass is 35.5. The normalized spacial score (nSPS) is 12.2. The third-order valence-corrected chi connectivity index (χ3v) is 2.49. The molecule has 88 valence electrons. The highest BCUT2D eigenvalue weighted by Crippen LogP contribution is 2.19. The predicted molar refractivity (Wildman–Crippen MR) is 66.8 cm³/mol. The summed E-state index contributed by atoms with van der Waals surface area (Å²) in [5.41, 5.74) is 6.40. The average Bonchev–Trinajstić information content (AvgIpc) is 2.15. The molecule has 0 bridgehead atoms. The molecule has 16 heavy (non-hydrogen) atoms. The van der Waals surface area contributed by atoms with Crippen LogP contribution in [-0.4, -0.2) is 18.5 Å². The molecule has 1 rings (SSSR count). The second-order valence-corrected chi connectivity index (χ2v) is 4.48. The van der Waals surface area contributed by atoms with Crippen molar-refractivity contribution in [1.82, 2.24) is 5.32 Å². The van der Waals surface area contributed by atoms with Crippen LogP contribution in [0.3, 0.4) is 0 Å². The van der Waals surface area contributed by atoms with Crippen LogP contribution in [0.25, 0.3) is 0 Å². The number of nitrogens with one attached hydrogen (secondary N) is 1. The molecule has 0 aliphatic heterocycles. The van der Waals surface area contributed by atoms with Crippen molar-refractivity contribution in [1.29, 1.82) is 0 Å². The number of halogens is 2. The quantitative estimate of drug-likeness (QED) is 0.870. The molecule has 1 aromatic rings. The van der Waals surface area contributed by atoms with Gasteiger partial charge in [0, 0.05) is 16.6 Å². The molecule has 0 radical (unpaired) electrons. The van der Waals surface area contributed by atoms with Gasteiger partial charge in [0.2, 0.25) is 5.91 Å². The number of nitrogens with two attached hydrogens (primary N) is 1. The van der Waals surface area contributed by atoms with Crippen molar-refractivity contribution in [3.8, 4) is 0 Å². The van der Waals surface area contributed by atoms with Crippen molar-refractivity contribution in [3.05, 3.63) is 33.8 Å². The number of carbonyl (C=O) groups is 1. The van der Waals surface area contributed by atoms with Crippen molar-refractivity contribution < 1.29 is 4.79 Å². The van der Waals surface area contributed by atoms with Gasteiger partial charge in [0.25, 0.3) is 0 Å². The van der Waals surface area contributed by atoms with E-state index in [2.05, 4.69) is 5.32 Å². The number of amides is 1. The molecule has 0 aliphatic carbocycles. The third-order valence-electron chi connectivity index (χ3n) is 2.05. The predicted octanol–water partition coefficient (Wildman–Crippen LogP) is 2.00. The van der Waals surface area contributed by atoms with Crippen LogP contribution < -0.4 is 11.1 Å². The van der Waals surface area contributed by atoms with Crippen LogP contribution in [0, 0.1) is 0 Å². The molecule has 1 atom stereocenters. The molecular weight excluding hydrogens is 247 g/mol. The van der Waals surface area contributed by atoms with E-state index in [-0.39, 0.29) is 5.91 Å². The van der Waals surface area contributed by atoms with Gasteiger partial charge in [-0.15, -0.1) is 0 Å². The van der Waals surface area contributed by atoms with Crippen molar-refractivity contribution in [3.63, 3.8) is 0 Å². The largest absolute Gasteiger partial charge is 0.354 e. The molecule has 0 fully saturated rings. The second kappa shape index (κ2) is 6.09. The first-order valence-electron chi connectivity index (χ1n) is 4.97. The van der Waals surface area contributed by atoms with Crippen LogP contribution in [0.4, 0.5) is 0 Å². The van der Waals surface area contributed by atoms with Gasteiger partial charge in [0.1, 0.15) is 0 Å². The van der Waals surface area contributed by atoms with E-state index in [9.17, 15) is 4.79 Å². The summed E-state index contributed by atoms with van der Waals surface area (Å²) in [6, 6.07) is 4.84. The number of rotatable bonds is 4. The minimum Gasteiger partial charge on any atom is -0.354 e. The van der Waals surface area contributed by atoms with Gasteiger partial charge in [-0.25, -0.2) is 0 Å². The molecule has 3 nitrogen and oxygen atoms in total. The Morgan fingerprint density at radius 3 is 2.44 bits per heavy atom. The smallest absolute Gasteiger partial charge is 0.236 e. The Kier molecular flexibility index (Phi) is 5.06. The number of hydrogen-bond acceptors (Lipinski definition) is 2. The molecule has 0 heterocycles. The number of carbonyl (C=O) groups excluding carboxylic acids is 1. The van der Waals surface area contributed by atoms with E-state index >= 15 is 0 Å². The summed E-state index contributed by atoms with van der Waals surface area (Å²) in [6.45, 7) is 2.17. The van der Waals surface area contributed by atoms with E-state index < -0.39 is 6.04 Å². The molecule has 0 spiro atoms. The van der Waals surface area contributed by atoms with Gasteiger partial charge in [0.05, 0.1) is 6.04 Å². The molecule has 5 heteroatoms. The summed E-state index contributed by atoms with van der Waals surface area (Å²) in [7, 11) is 0. The molecule has 0 aliphatic rings. The lowest BCUT2D eigenvalue weighted by Gasteiger charge is -2.08. The summed E-state index contributed by atoms with van der Waals surface area (Å²) < 4.78 is 0. The SMILES string of the molecule is C[C@@H](N)C(=O)NCCc1cc(Cl)cc(Cl)c1. The molecule has 0 saturated carbocycles. The minimum absolute atomic E-state index is 0.159. The Morgan fingerprint density at radius 1 is 1.38 bits per heavy atom. The zero-order valence-electron chi connectivity index (χ0n) is 8.97. The first kappa shape index (κ1) is 13.3. The van der Waals surface area contributed by atoms with Gasteiger partial charge in [-0.3, -0.25) is 4.79 Å². The molecular formula is C11H14Cl2N2O. The summed E-state index contributed by atoms with van der Waals surface area (Å²) in [4.78, 5) is 11.2. The Morgan fingerprint density at radius 2 is 1.94 bits per heavy atom. The highest BCUT2D eigenvalue weighted by Gasteiger charge is 2.05. The van der Waals surface area contributed by atoms with Crippen LogP contribution in [0.5, 0.6) is 0 Å². The lowest BCUT2D eigenvalue weighted by atomic mass is 10.1. The monoisotopic (exact) mass is 260 g/mol. The Hall–Kier alpha value is -0.770. The maximum atomic E-state index is 11.2. The van der Waals surface area contributed by atoms with Gasteiger partial charge < -0.3 is 11.1 Å². The maximum absolute atomic E-state index is 11.2. The highest BCUT2D eigenvalue weighted by molar-refractivity contribution is 6.34. The van der Waals surface area contributed by atoms with Crippen LogP contribution in [0.1, 0.15) is 12.5 Å². The van der Waals surface area contributed by atoms with Crippen molar-refractivity contribution in [2.24, 2.45) is 5.73 Å². The Bertz CT molecular complexity index is 360. The van der Waals surface area contributed by atoms with E-state index in [1.54, 1.807) is 13.0 Å². The lowest BCUT2D eigenvalue weighted by molar-refractivity contribution is -0.121. The van der Waals surface area contributed by atoms with Gasteiger partial charge in [-0.05, 0) is 37.1 Å². The zero-order valence-corrected chi connectivity index (χ0v) is 10.5. The van der Waals surface area contributed by atoms with E-state index in [0.29, 0.717) is 23.0 Å². The lowest BCUT2D eigenvalue weighted by Crippen LogP contribution is -2.39. The molecule has 1 aromatic carbocycles. The van der Waals surface area contributed by atoms with Crippen LogP contribution in [0.15, 0.2) is 18.2 Å². The fourth-order valence-corrected chi connectivity index (χ4v) is 1.82. The standard InChI is InChI=1S/C11H14Cl2N2O/c1-7(14)11(16)15-3-2-8-4-9(12)6-10(13)5-8/h4-7H,2-3,14H2,1H3,(H,15,16)/t7-/m1/s1. The molecule has 0 unspecified atom stereocenters. The molecule has 3 N–H and O–H groups in total. The van der Waals surface area contributed by atoms with E-state index in [1.807, 2.05) is 12.1 Å². The zero-order chi connectivity index (χ0) is 12.1. The van der Waals surface area contributed by atoms with Crippen molar-refractivity contribution in [2.45, 2.75) is 19.4 Å². The third kappa shape index (κ3) is 4.39. The second-order valence-electron chi connectivity index (χ2n) is 3.61. The molecule has 1 amide bonds. The van der Waals surface area contributed by atoms with Crippen LogP contribution in [-0.2, 0) is 11.2 Å². The molecule has 0 aromatic heterocycles. The van der Waals surface area contributed by atoms with Gasteiger partial charge in [-0.2, -0.15) is 0 Å². The van der Waals surface area contributed by atoms with E-state index in [4.69, 9.17) is 28.9 Å². The van der Waals surface area contributed by atoms with E-state index in [1.165, 1.54) is 0 Å². The maximum Gasteiger partial charge on any atom is 0.236 e. The average molecular weight is 261 g/mol. The van der Waals surface area contributed by atoms with Crippen molar-refractivity contribution in [2.75, 3.05) is 6.54 Å². The fourth-order valence-electron chi connectivity index (χ4n) is 1.25. The Balaban J connectivity index is 2.46. The summed E-state index contributed by atoms with van der Waals surface area (Å²) in [5.74, 6) is -0.159. The fraction of sp³-hybridized carbons (Fsp3) is 0.364. The van der Waals surface area contributed by atoms with Gasteiger partial charge in [-0.1, -0.05) is 23.2 Å². The van der Waals surface area contributed by atoms with Crippen molar-refractivity contribution >= 4 is 29.1 Å². The number of hydrogen-bond donors (Lipinski definition) is 2. The summed E-state index contributed by atoms with van der Waals surface area (Å²) >= 11 is 11.7. The topological polar surface area (TPSA) is 55.1 Å².